The second-order valence-corrected chi connectivity index (χ2v) is 4.21. The molecule has 0 amide bonds. The van der Waals surface area contributed by atoms with Gasteiger partial charge in [-0.2, -0.15) is 9.97 Å². The highest BCUT2D eigenvalue weighted by atomic mass is 16.5. The summed E-state index contributed by atoms with van der Waals surface area (Å²) in [6, 6.07) is 7.55. The summed E-state index contributed by atoms with van der Waals surface area (Å²) in [5.41, 5.74) is 7.42. The van der Waals surface area contributed by atoms with E-state index in [1.54, 1.807) is 6.07 Å². The molecule has 0 aliphatic rings. The quantitative estimate of drug-likeness (QED) is 0.743. The number of aromatic nitrogens is 4. The van der Waals surface area contributed by atoms with Gasteiger partial charge in [-0.25, -0.2) is 4.98 Å². The molecule has 0 aromatic carbocycles. The number of methoxy groups -OCH3 is 1. The fourth-order valence-corrected chi connectivity index (χ4v) is 1.89. The van der Waals surface area contributed by atoms with Crippen molar-refractivity contribution in [3.05, 3.63) is 42.4 Å². The minimum absolute atomic E-state index is 0.168. The van der Waals surface area contributed by atoms with Crippen LogP contribution < -0.4 is 15.8 Å². The van der Waals surface area contributed by atoms with Crippen LogP contribution in [0.25, 0.3) is 5.65 Å². The van der Waals surface area contributed by atoms with E-state index in [1.807, 2.05) is 35.0 Å². The Balaban J connectivity index is 1.77. The molecule has 0 unspecified atom stereocenters. The summed E-state index contributed by atoms with van der Waals surface area (Å²) in [5.74, 6) is 1.20. The van der Waals surface area contributed by atoms with Crippen molar-refractivity contribution in [3.8, 4) is 5.88 Å². The van der Waals surface area contributed by atoms with Crippen LogP contribution >= 0.6 is 0 Å². The lowest BCUT2D eigenvalue weighted by atomic mass is 10.4. The normalized spacial score (nSPS) is 10.7. The number of pyridine rings is 1. The number of hydrogen-bond acceptors (Lipinski definition) is 6. The third-order valence-corrected chi connectivity index (χ3v) is 2.79. The van der Waals surface area contributed by atoms with Crippen LogP contribution in [0, 0.1) is 0 Å². The van der Waals surface area contributed by atoms with Crippen molar-refractivity contribution < 1.29 is 4.74 Å². The zero-order valence-electron chi connectivity index (χ0n) is 10.9. The average Bonchev–Trinajstić information content (AvgIpc) is 2.87. The number of imidazole rings is 1. The number of nitrogens with two attached hydrogens (primary N) is 1. The first-order valence-electron chi connectivity index (χ1n) is 6.09. The SMILES string of the molecule is COc1cc(NCc2cn3ccccc3n2)nc(N)n1. The minimum Gasteiger partial charge on any atom is -0.481 e. The maximum atomic E-state index is 5.60. The summed E-state index contributed by atoms with van der Waals surface area (Å²) in [5, 5.41) is 3.15. The molecule has 0 aliphatic carbocycles. The Morgan fingerprint density at radius 2 is 2.20 bits per heavy atom. The van der Waals surface area contributed by atoms with Crippen molar-refractivity contribution >= 4 is 17.4 Å². The molecule has 0 spiro atoms. The van der Waals surface area contributed by atoms with Gasteiger partial charge in [-0.05, 0) is 12.1 Å². The smallest absolute Gasteiger partial charge is 0.225 e. The fourth-order valence-electron chi connectivity index (χ4n) is 1.89. The Morgan fingerprint density at radius 1 is 1.30 bits per heavy atom. The van der Waals surface area contributed by atoms with Crippen molar-refractivity contribution in [2.24, 2.45) is 0 Å². The maximum absolute atomic E-state index is 5.60. The van der Waals surface area contributed by atoms with Crippen LogP contribution in [-0.4, -0.2) is 26.5 Å². The van der Waals surface area contributed by atoms with E-state index in [0.29, 0.717) is 18.2 Å². The van der Waals surface area contributed by atoms with Crippen molar-refractivity contribution in [2.45, 2.75) is 6.54 Å². The molecule has 7 nitrogen and oxygen atoms in total. The van der Waals surface area contributed by atoms with Crippen LogP contribution in [-0.2, 0) is 6.54 Å². The number of nitrogen functional groups attached to an aromatic ring is 1. The fraction of sp³-hybridized carbons (Fsp3) is 0.154. The van der Waals surface area contributed by atoms with Crippen molar-refractivity contribution in [1.82, 2.24) is 19.4 Å². The third kappa shape index (κ3) is 2.46. The Kier molecular flexibility index (Phi) is 3.08. The molecule has 3 aromatic heterocycles. The van der Waals surface area contributed by atoms with Gasteiger partial charge in [0.15, 0.2) is 0 Å². The molecule has 0 saturated carbocycles. The molecular weight excluding hydrogens is 256 g/mol. The number of ether oxygens (including phenoxy) is 1. The molecule has 3 rings (SSSR count). The highest BCUT2D eigenvalue weighted by molar-refractivity contribution is 5.44. The minimum atomic E-state index is 0.168. The van der Waals surface area contributed by atoms with E-state index in [9.17, 15) is 0 Å². The van der Waals surface area contributed by atoms with E-state index in [4.69, 9.17) is 10.5 Å². The summed E-state index contributed by atoms with van der Waals surface area (Å²) in [6.07, 6.45) is 3.92. The topological polar surface area (TPSA) is 90.4 Å². The predicted molar refractivity (Wildman–Crippen MR) is 75.5 cm³/mol. The molecule has 7 heteroatoms. The van der Waals surface area contributed by atoms with Crippen LogP contribution in [0.3, 0.4) is 0 Å². The van der Waals surface area contributed by atoms with Crippen LogP contribution in [0.15, 0.2) is 36.7 Å². The molecule has 0 fully saturated rings. The maximum Gasteiger partial charge on any atom is 0.225 e. The molecule has 20 heavy (non-hydrogen) atoms. The number of nitrogens with zero attached hydrogens (tertiary/aromatic N) is 4. The Morgan fingerprint density at radius 3 is 3.00 bits per heavy atom. The lowest BCUT2D eigenvalue weighted by molar-refractivity contribution is 0.398. The van der Waals surface area contributed by atoms with Gasteiger partial charge in [0.1, 0.15) is 11.5 Å². The first-order valence-corrected chi connectivity index (χ1v) is 6.09. The third-order valence-electron chi connectivity index (χ3n) is 2.79. The van der Waals surface area contributed by atoms with Gasteiger partial charge in [0, 0.05) is 18.5 Å². The van der Waals surface area contributed by atoms with Gasteiger partial charge in [-0.1, -0.05) is 6.07 Å². The zero-order valence-corrected chi connectivity index (χ0v) is 10.9. The Hall–Kier alpha value is -2.83. The molecule has 3 N–H and O–H groups in total. The number of rotatable bonds is 4. The highest BCUT2D eigenvalue weighted by Crippen LogP contribution is 2.15. The summed E-state index contributed by atoms with van der Waals surface area (Å²) in [6.45, 7) is 0.543. The lowest BCUT2D eigenvalue weighted by Crippen LogP contribution is -2.05. The monoisotopic (exact) mass is 270 g/mol. The molecule has 3 heterocycles. The number of anilines is 2. The summed E-state index contributed by atoms with van der Waals surface area (Å²) in [4.78, 5) is 12.5. The van der Waals surface area contributed by atoms with Crippen LogP contribution in [0.2, 0.25) is 0 Å². The van der Waals surface area contributed by atoms with Gasteiger partial charge in [0.2, 0.25) is 11.8 Å². The van der Waals surface area contributed by atoms with Crippen LogP contribution in [0.5, 0.6) is 5.88 Å². The van der Waals surface area contributed by atoms with Gasteiger partial charge in [0.05, 0.1) is 19.3 Å². The number of fused-ring (bicyclic) bond motifs is 1. The summed E-state index contributed by atoms with van der Waals surface area (Å²) >= 11 is 0. The Labute approximate surface area is 115 Å². The molecule has 0 saturated heterocycles. The number of nitrogens with one attached hydrogen (secondary N) is 1. The second kappa shape index (κ2) is 5.04. The van der Waals surface area contributed by atoms with E-state index in [2.05, 4.69) is 20.3 Å². The molecule has 0 bridgehead atoms. The van der Waals surface area contributed by atoms with Gasteiger partial charge in [0.25, 0.3) is 0 Å². The van der Waals surface area contributed by atoms with Gasteiger partial charge >= 0.3 is 0 Å². The zero-order chi connectivity index (χ0) is 13.9. The molecular formula is C13H14N6O. The summed E-state index contributed by atoms with van der Waals surface area (Å²) in [7, 11) is 1.54. The van der Waals surface area contributed by atoms with Crippen LogP contribution in [0.1, 0.15) is 5.69 Å². The van der Waals surface area contributed by atoms with Gasteiger partial charge in [-0.15, -0.1) is 0 Å². The predicted octanol–water partition coefficient (Wildman–Crippen LogP) is 1.33. The van der Waals surface area contributed by atoms with Crippen LogP contribution in [0.4, 0.5) is 11.8 Å². The van der Waals surface area contributed by atoms with E-state index < -0.39 is 0 Å². The molecule has 3 aromatic rings. The van der Waals surface area contributed by atoms with E-state index in [0.717, 1.165) is 11.3 Å². The van der Waals surface area contributed by atoms with Gasteiger partial charge < -0.3 is 20.2 Å². The average molecular weight is 270 g/mol. The standard InChI is InChI=1S/C13H14N6O/c1-20-12-6-10(17-13(14)18-12)15-7-9-8-19-5-3-2-4-11(19)16-9/h2-6,8H,7H2,1H3,(H3,14,15,17,18). The van der Waals surface area contributed by atoms with E-state index >= 15 is 0 Å². The van der Waals surface area contributed by atoms with Gasteiger partial charge in [-0.3, -0.25) is 0 Å². The summed E-state index contributed by atoms with van der Waals surface area (Å²) < 4.78 is 7.01. The van der Waals surface area contributed by atoms with E-state index in [1.165, 1.54) is 7.11 Å². The highest BCUT2D eigenvalue weighted by Gasteiger charge is 2.04. The molecule has 102 valence electrons. The Bertz CT molecular complexity index is 706. The molecule has 0 atom stereocenters. The first-order chi connectivity index (χ1) is 9.74. The number of hydrogen-bond donors (Lipinski definition) is 2. The molecule has 0 radical (unpaired) electrons. The first kappa shape index (κ1) is 12.2. The second-order valence-electron chi connectivity index (χ2n) is 4.21. The largest absolute Gasteiger partial charge is 0.481 e. The molecule has 0 aliphatic heterocycles. The lowest BCUT2D eigenvalue weighted by Gasteiger charge is -2.06. The van der Waals surface area contributed by atoms with Crippen molar-refractivity contribution in [2.75, 3.05) is 18.2 Å². The van der Waals surface area contributed by atoms with E-state index in [-0.39, 0.29) is 5.95 Å². The van der Waals surface area contributed by atoms with Crippen molar-refractivity contribution in [1.29, 1.82) is 0 Å². The van der Waals surface area contributed by atoms with Crippen molar-refractivity contribution in [3.63, 3.8) is 0 Å².